The van der Waals surface area contributed by atoms with E-state index in [0.717, 1.165) is 19.5 Å². The van der Waals surface area contributed by atoms with Gasteiger partial charge in [0.05, 0.1) is 13.7 Å². The Labute approximate surface area is 171 Å². The summed E-state index contributed by atoms with van der Waals surface area (Å²) in [6.07, 6.45) is 0.969. The molecule has 0 fully saturated rings. The fourth-order valence-electron chi connectivity index (χ4n) is 2.13. The number of nitrogens with zero attached hydrogens (tertiary/aromatic N) is 2. The van der Waals surface area contributed by atoms with Crippen molar-refractivity contribution in [3.05, 3.63) is 23.8 Å². The van der Waals surface area contributed by atoms with Crippen LogP contribution >= 0.6 is 24.0 Å². The van der Waals surface area contributed by atoms with E-state index in [1.807, 2.05) is 21.0 Å². The van der Waals surface area contributed by atoms with E-state index >= 15 is 0 Å². The van der Waals surface area contributed by atoms with Crippen molar-refractivity contribution in [2.45, 2.75) is 26.5 Å². The highest BCUT2D eigenvalue weighted by atomic mass is 127. The van der Waals surface area contributed by atoms with Crippen LogP contribution in [0.3, 0.4) is 0 Å². The zero-order valence-corrected chi connectivity index (χ0v) is 18.1. The van der Waals surface area contributed by atoms with Gasteiger partial charge in [-0.05, 0) is 52.2 Å². The lowest BCUT2D eigenvalue weighted by atomic mass is 10.2. The second-order valence-electron chi connectivity index (χ2n) is 5.63. The highest BCUT2D eigenvalue weighted by molar-refractivity contribution is 14.0. The standard InChI is InChI=1S/C17H28F2N4O2.HI/c1-5-20-17(21-9-6-10-23(2)3)22-12-13-11-14(24-4)7-8-15(13)25-16(18)19;/h7-8,11,16H,5-6,9-10,12H2,1-4H3,(H2,20,21,22);1H. The van der Waals surface area contributed by atoms with Crippen molar-refractivity contribution in [3.63, 3.8) is 0 Å². The molecule has 150 valence electrons. The second kappa shape index (κ2) is 13.8. The third kappa shape index (κ3) is 9.95. The highest BCUT2D eigenvalue weighted by Crippen LogP contribution is 2.26. The van der Waals surface area contributed by atoms with Gasteiger partial charge in [0.25, 0.3) is 0 Å². The lowest BCUT2D eigenvalue weighted by Gasteiger charge is -2.14. The molecule has 0 radical (unpaired) electrons. The van der Waals surface area contributed by atoms with Crippen LogP contribution in [0.5, 0.6) is 11.5 Å². The van der Waals surface area contributed by atoms with E-state index < -0.39 is 6.61 Å². The first-order valence-corrected chi connectivity index (χ1v) is 8.24. The van der Waals surface area contributed by atoms with Crippen LogP contribution in [0, 0.1) is 0 Å². The fourth-order valence-corrected chi connectivity index (χ4v) is 2.13. The second-order valence-corrected chi connectivity index (χ2v) is 5.63. The van der Waals surface area contributed by atoms with Crippen LogP contribution in [0.2, 0.25) is 0 Å². The summed E-state index contributed by atoms with van der Waals surface area (Å²) < 4.78 is 34.8. The first-order valence-electron chi connectivity index (χ1n) is 8.24. The maximum absolute atomic E-state index is 12.6. The number of aliphatic imine (C=N–C) groups is 1. The van der Waals surface area contributed by atoms with Crippen molar-refractivity contribution in [1.29, 1.82) is 0 Å². The van der Waals surface area contributed by atoms with Crippen molar-refractivity contribution >= 4 is 29.9 Å². The number of guanidine groups is 1. The molecule has 9 heteroatoms. The summed E-state index contributed by atoms with van der Waals surface area (Å²) in [7, 11) is 5.56. The van der Waals surface area contributed by atoms with Gasteiger partial charge in [0.2, 0.25) is 0 Å². The molecule has 0 saturated carbocycles. The average Bonchev–Trinajstić information content (AvgIpc) is 2.56. The van der Waals surface area contributed by atoms with Crippen LogP contribution in [0.15, 0.2) is 23.2 Å². The number of nitrogens with one attached hydrogen (secondary N) is 2. The molecular weight excluding hydrogens is 457 g/mol. The van der Waals surface area contributed by atoms with Crippen molar-refractivity contribution < 1.29 is 18.3 Å². The summed E-state index contributed by atoms with van der Waals surface area (Å²) in [6.45, 7) is 1.72. The van der Waals surface area contributed by atoms with Crippen molar-refractivity contribution in [3.8, 4) is 11.5 Å². The van der Waals surface area contributed by atoms with Gasteiger partial charge < -0.3 is 25.0 Å². The minimum Gasteiger partial charge on any atom is -0.497 e. The fraction of sp³-hybridized carbons (Fsp3) is 0.588. The van der Waals surface area contributed by atoms with Gasteiger partial charge in [0, 0.05) is 18.7 Å². The highest BCUT2D eigenvalue weighted by Gasteiger charge is 2.11. The Morgan fingerprint density at radius 3 is 2.58 bits per heavy atom. The molecule has 0 amide bonds. The SMILES string of the molecule is CCNC(=NCc1cc(OC)ccc1OC(F)F)NCCCN(C)C.I. The Bertz CT molecular complexity index is 545. The molecular formula is C17H29F2IN4O2. The minimum atomic E-state index is -2.88. The van der Waals surface area contributed by atoms with Crippen LogP contribution in [-0.2, 0) is 6.54 Å². The van der Waals surface area contributed by atoms with Gasteiger partial charge in [-0.15, -0.1) is 24.0 Å². The molecule has 6 nitrogen and oxygen atoms in total. The Kier molecular flexibility index (Phi) is 13.1. The lowest BCUT2D eigenvalue weighted by molar-refractivity contribution is -0.0504. The first-order chi connectivity index (χ1) is 12.0. The molecule has 0 unspecified atom stereocenters. The maximum atomic E-state index is 12.6. The molecule has 0 aromatic heterocycles. The normalized spacial score (nSPS) is 11.3. The molecule has 0 heterocycles. The lowest BCUT2D eigenvalue weighted by Crippen LogP contribution is -2.38. The van der Waals surface area contributed by atoms with Gasteiger partial charge in [-0.1, -0.05) is 0 Å². The van der Waals surface area contributed by atoms with E-state index in [9.17, 15) is 8.78 Å². The average molecular weight is 486 g/mol. The number of methoxy groups -OCH3 is 1. The summed E-state index contributed by atoms with van der Waals surface area (Å²) in [5.41, 5.74) is 0.533. The minimum absolute atomic E-state index is 0. The van der Waals surface area contributed by atoms with Gasteiger partial charge in [-0.3, -0.25) is 0 Å². The van der Waals surface area contributed by atoms with E-state index in [1.54, 1.807) is 12.1 Å². The molecule has 0 aliphatic rings. The van der Waals surface area contributed by atoms with Gasteiger partial charge >= 0.3 is 6.61 Å². The Hall–Kier alpha value is -1.36. The number of hydrogen-bond acceptors (Lipinski definition) is 4. The molecule has 0 aliphatic carbocycles. The largest absolute Gasteiger partial charge is 0.497 e. The summed E-state index contributed by atoms with van der Waals surface area (Å²) >= 11 is 0. The van der Waals surface area contributed by atoms with Crippen molar-refractivity contribution in [1.82, 2.24) is 15.5 Å². The Morgan fingerprint density at radius 2 is 2.00 bits per heavy atom. The Morgan fingerprint density at radius 1 is 1.27 bits per heavy atom. The van der Waals surface area contributed by atoms with E-state index in [-0.39, 0.29) is 36.3 Å². The van der Waals surface area contributed by atoms with Gasteiger partial charge in [0.1, 0.15) is 11.5 Å². The summed E-state index contributed by atoms with van der Waals surface area (Å²) in [5, 5.41) is 6.36. The predicted octanol–water partition coefficient (Wildman–Crippen LogP) is 2.92. The van der Waals surface area contributed by atoms with E-state index in [4.69, 9.17) is 4.74 Å². The monoisotopic (exact) mass is 486 g/mol. The number of alkyl halides is 2. The Balaban J connectivity index is 0.00000625. The summed E-state index contributed by atoms with van der Waals surface area (Å²) in [5.74, 6) is 1.30. The van der Waals surface area contributed by atoms with Crippen LogP contribution in [0.4, 0.5) is 8.78 Å². The van der Waals surface area contributed by atoms with E-state index in [1.165, 1.54) is 13.2 Å². The van der Waals surface area contributed by atoms with Crippen LogP contribution in [-0.4, -0.2) is 58.3 Å². The smallest absolute Gasteiger partial charge is 0.387 e. The predicted molar refractivity (Wildman–Crippen MR) is 111 cm³/mol. The molecule has 0 spiro atoms. The molecule has 1 aromatic carbocycles. The summed E-state index contributed by atoms with van der Waals surface area (Å²) in [6, 6.07) is 4.69. The molecule has 1 aromatic rings. The number of benzene rings is 1. The topological polar surface area (TPSA) is 58.1 Å². The number of ether oxygens (including phenoxy) is 2. The molecule has 2 N–H and O–H groups in total. The molecule has 1 rings (SSSR count). The van der Waals surface area contributed by atoms with Gasteiger partial charge in [-0.2, -0.15) is 8.78 Å². The third-order valence-electron chi connectivity index (χ3n) is 3.31. The number of rotatable bonds is 10. The number of hydrogen-bond donors (Lipinski definition) is 2. The van der Waals surface area contributed by atoms with Crippen LogP contribution in [0.25, 0.3) is 0 Å². The number of halogens is 3. The van der Waals surface area contributed by atoms with Gasteiger partial charge in [0.15, 0.2) is 5.96 Å². The third-order valence-corrected chi connectivity index (χ3v) is 3.31. The molecule has 0 aliphatic heterocycles. The quantitative estimate of drug-likeness (QED) is 0.231. The molecule has 26 heavy (non-hydrogen) atoms. The maximum Gasteiger partial charge on any atom is 0.387 e. The van der Waals surface area contributed by atoms with Crippen LogP contribution < -0.4 is 20.1 Å². The first kappa shape index (κ1) is 24.6. The van der Waals surface area contributed by atoms with E-state index in [0.29, 0.717) is 23.8 Å². The molecule has 0 atom stereocenters. The van der Waals surface area contributed by atoms with Gasteiger partial charge in [-0.25, -0.2) is 4.99 Å². The van der Waals surface area contributed by atoms with E-state index in [2.05, 4.69) is 25.3 Å². The molecule has 0 saturated heterocycles. The van der Waals surface area contributed by atoms with Crippen molar-refractivity contribution in [2.75, 3.05) is 40.8 Å². The summed E-state index contributed by atoms with van der Waals surface area (Å²) in [4.78, 5) is 6.55. The van der Waals surface area contributed by atoms with Crippen molar-refractivity contribution in [2.24, 2.45) is 4.99 Å². The van der Waals surface area contributed by atoms with Crippen LogP contribution in [0.1, 0.15) is 18.9 Å². The molecule has 0 bridgehead atoms. The zero-order valence-electron chi connectivity index (χ0n) is 15.7. The zero-order chi connectivity index (χ0) is 18.7.